The van der Waals surface area contributed by atoms with Gasteiger partial charge in [0.25, 0.3) is 0 Å². The first-order chi connectivity index (χ1) is 13.4. The van der Waals surface area contributed by atoms with E-state index in [-0.39, 0.29) is 24.5 Å². The standard InChI is InChI=1S/C20H27Cl2N3O3/c21-16-8-3-13(11-17(16)22)12-28-20(27)24-15-6-4-14(5-7-15)18(23)19(26)25-9-1-2-10-25/h3,8,11,14-15,18H,1-2,4-7,9-10,12,23H2,(H,24,27). The number of likely N-dealkylation sites (tertiary alicyclic amines) is 1. The maximum atomic E-state index is 12.5. The lowest BCUT2D eigenvalue weighted by Gasteiger charge is -2.33. The fraction of sp³-hybridized carbons (Fsp3) is 0.600. The summed E-state index contributed by atoms with van der Waals surface area (Å²) in [5.41, 5.74) is 7.01. The van der Waals surface area contributed by atoms with Crippen LogP contribution in [0.5, 0.6) is 0 Å². The van der Waals surface area contributed by atoms with Gasteiger partial charge in [0.15, 0.2) is 0 Å². The Kier molecular flexibility index (Phi) is 7.43. The number of nitrogens with one attached hydrogen (secondary N) is 1. The molecule has 2 fully saturated rings. The van der Waals surface area contributed by atoms with Crippen molar-refractivity contribution in [2.45, 2.75) is 57.2 Å². The van der Waals surface area contributed by atoms with Crippen LogP contribution in [-0.2, 0) is 16.1 Å². The number of rotatable bonds is 5. The molecule has 1 unspecified atom stereocenters. The molecule has 1 heterocycles. The first-order valence-corrected chi connectivity index (χ1v) is 10.6. The lowest BCUT2D eigenvalue weighted by Crippen LogP contribution is -2.49. The third-order valence-electron chi connectivity index (χ3n) is 5.66. The number of hydrogen-bond acceptors (Lipinski definition) is 4. The summed E-state index contributed by atoms with van der Waals surface area (Å²) in [5, 5.41) is 3.80. The summed E-state index contributed by atoms with van der Waals surface area (Å²) in [6, 6.07) is 4.74. The van der Waals surface area contributed by atoms with E-state index in [1.54, 1.807) is 18.2 Å². The van der Waals surface area contributed by atoms with Gasteiger partial charge in [0, 0.05) is 19.1 Å². The number of nitrogens with two attached hydrogens (primary N) is 1. The van der Waals surface area contributed by atoms with Crippen molar-refractivity contribution < 1.29 is 14.3 Å². The van der Waals surface area contributed by atoms with Crippen molar-refractivity contribution in [3.63, 3.8) is 0 Å². The normalized spacial score (nSPS) is 23.3. The second-order valence-corrected chi connectivity index (χ2v) is 8.45. The van der Waals surface area contributed by atoms with E-state index >= 15 is 0 Å². The fourth-order valence-electron chi connectivity index (χ4n) is 3.96. The first kappa shape index (κ1) is 21.2. The van der Waals surface area contributed by atoms with Gasteiger partial charge in [-0.1, -0.05) is 29.3 Å². The molecule has 1 aliphatic carbocycles. The van der Waals surface area contributed by atoms with Crippen molar-refractivity contribution in [2.24, 2.45) is 11.7 Å². The predicted molar refractivity (Wildman–Crippen MR) is 109 cm³/mol. The minimum atomic E-state index is -0.452. The summed E-state index contributed by atoms with van der Waals surface area (Å²) >= 11 is 11.8. The van der Waals surface area contributed by atoms with Crippen LogP contribution < -0.4 is 11.1 Å². The van der Waals surface area contributed by atoms with Gasteiger partial charge in [-0.3, -0.25) is 4.79 Å². The molecule has 6 nitrogen and oxygen atoms in total. The van der Waals surface area contributed by atoms with Gasteiger partial charge < -0.3 is 20.7 Å². The van der Waals surface area contributed by atoms with Gasteiger partial charge in [0.05, 0.1) is 16.1 Å². The van der Waals surface area contributed by atoms with Crippen LogP contribution in [0.1, 0.15) is 44.1 Å². The van der Waals surface area contributed by atoms with Gasteiger partial charge in [0.2, 0.25) is 5.91 Å². The minimum absolute atomic E-state index is 0.0478. The highest BCUT2D eigenvalue weighted by atomic mass is 35.5. The number of amides is 2. The lowest BCUT2D eigenvalue weighted by molar-refractivity contribution is -0.133. The van der Waals surface area contributed by atoms with Gasteiger partial charge in [-0.2, -0.15) is 0 Å². The summed E-state index contributed by atoms with van der Waals surface area (Å²) in [6.07, 6.45) is 4.95. The SMILES string of the molecule is NC(C(=O)N1CCCC1)C1CCC(NC(=O)OCc2ccc(Cl)c(Cl)c2)CC1. The van der Waals surface area contributed by atoms with Crippen LogP contribution in [0.15, 0.2) is 18.2 Å². The molecule has 0 aromatic heterocycles. The molecule has 2 amide bonds. The molecule has 1 aromatic carbocycles. The van der Waals surface area contributed by atoms with Crippen LogP contribution in [0, 0.1) is 5.92 Å². The highest BCUT2D eigenvalue weighted by molar-refractivity contribution is 6.42. The summed E-state index contributed by atoms with van der Waals surface area (Å²) in [7, 11) is 0. The molecule has 154 valence electrons. The first-order valence-electron chi connectivity index (χ1n) is 9.85. The van der Waals surface area contributed by atoms with Crippen LogP contribution in [0.4, 0.5) is 4.79 Å². The zero-order valence-electron chi connectivity index (χ0n) is 15.8. The number of ether oxygens (including phenoxy) is 1. The van der Waals surface area contributed by atoms with Gasteiger partial charge >= 0.3 is 6.09 Å². The molecule has 8 heteroatoms. The molecule has 0 bridgehead atoms. The topological polar surface area (TPSA) is 84.7 Å². The van der Waals surface area contributed by atoms with Gasteiger partial charge in [-0.25, -0.2) is 4.79 Å². The van der Waals surface area contributed by atoms with Crippen LogP contribution in [-0.4, -0.2) is 42.1 Å². The molecule has 3 rings (SSSR count). The second-order valence-electron chi connectivity index (χ2n) is 7.64. The average molecular weight is 428 g/mol. The molecule has 1 atom stereocenters. The summed E-state index contributed by atoms with van der Waals surface area (Å²) in [4.78, 5) is 26.4. The van der Waals surface area contributed by atoms with Crippen LogP contribution in [0.3, 0.4) is 0 Å². The van der Waals surface area contributed by atoms with Crippen molar-refractivity contribution in [1.82, 2.24) is 10.2 Å². The number of alkyl carbamates (subject to hydrolysis) is 1. The largest absolute Gasteiger partial charge is 0.445 e. The van der Waals surface area contributed by atoms with E-state index in [4.69, 9.17) is 33.7 Å². The Morgan fingerprint density at radius 2 is 1.82 bits per heavy atom. The van der Waals surface area contributed by atoms with E-state index in [0.717, 1.165) is 57.2 Å². The highest BCUT2D eigenvalue weighted by Gasteiger charge is 2.33. The summed E-state index contributed by atoms with van der Waals surface area (Å²) in [5.74, 6) is 0.258. The number of carbonyl (C=O) groups excluding carboxylic acids is 2. The zero-order chi connectivity index (χ0) is 20.1. The predicted octanol–water partition coefficient (Wildman–Crippen LogP) is 3.73. The Balaban J connectivity index is 1.39. The Labute approximate surface area is 175 Å². The molecule has 0 radical (unpaired) electrons. The van der Waals surface area contributed by atoms with Crippen LogP contribution in [0.2, 0.25) is 10.0 Å². The van der Waals surface area contributed by atoms with E-state index in [1.807, 2.05) is 4.90 Å². The second kappa shape index (κ2) is 9.81. The van der Waals surface area contributed by atoms with E-state index < -0.39 is 12.1 Å². The van der Waals surface area contributed by atoms with E-state index in [2.05, 4.69) is 5.32 Å². The van der Waals surface area contributed by atoms with Crippen molar-refractivity contribution in [1.29, 1.82) is 0 Å². The average Bonchev–Trinajstić information content (AvgIpc) is 3.23. The monoisotopic (exact) mass is 427 g/mol. The summed E-state index contributed by atoms with van der Waals surface area (Å²) < 4.78 is 5.27. The fourth-order valence-corrected chi connectivity index (χ4v) is 4.28. The molecule has 3 N–H and O–H groups in total. The molecular weight excluding hydrogens is 401 g/mol. The molecular formula is C20H27Cl2N3O3. The maximum Gasteiger partial charge on any atom is 0.407 e. The summed E-state index contributed by atoms with van der Waals surface area (Å²) in [6.45, 7) is 1.79. The number of halogens is 2. The Bertz CT molecular complexity index is 702. The Morgan fingerprint density at radius 1 is 1.14 bits per heavy atom. The zero-order valence-corrected chi connectivity index (χ0v) is 17.3. The maximum absolute atomic E-state index is 12.5. The number of nitrogens with zero attached hydrogens (tertiary/aromatic N) is 1. The molecule has 2 aliphatic rings. The molecule has 0 spiro atoms. The Morgan fingerprint density at radius 3 is 2.46 bits per heavy atom. The molecule has 1 saturated carbocycles. The van der Waals surface area contributed by atoms with Crippen LogP contribution in [0.25, 0.3) is 0 Å². The molecule has 28 heavy (non-hydrogen) atoms. The smallest absolute Gasteiger partial charge is 0.407 e. The van der Waals surface area contributed by atoms with E-state index in [9.17, 15) is 9.59 Å². The van der Waals surface area contributed by atoms with Crippen molar-refractivity contribution in [3.05, 3.63) is 33.8 Å². The Hall–Kier alpha value is -1.50. The van der Waals surface area contributed by atoms with E-state index in [1.165, 1.54) is 0 Å². The van der Waals surface area contributed by atoms with Crippen LogP contribution >= 0.6 is 23.2 Å². The lowest BCUT2D eigenvalue weighted by atomic mass is 9.81. The number of hydrogen-bond donors (Lipinski definition) is 2. The molecule has 1 saturated heterocycles. The molecule has 1 aromatic rings. The molecule has 1 aliphatic heterocycles. The third-order valence-corrected chi connectivity index (χ3v) is 6.40. The van der Waals surface area contributed by atoms with Crippen molar-refractivity contribution >= 4 is 35.2 Å². The van der Waals surface area contributed by atoms with Crippen molar-refractivity contribution in [2.75, 3.05) is 13.1 Å². The quantitative estimate of drug-likeness (QED) is 0.749. The van der Waals surface area contributed by atoms with Gasteiger partial charge in [-0.05, 0) is 62.1 Å². The van der Waals surface area contributed by atoms with E-state index in [0.29, 0.717) is 10.0 Å². The third kappa shape index (κ3) is 5.52. The van der Waals surface area contributed by atoms with Crippen molar-refractivity contribution in [3.8, 4) is 0 Å². The highest BCUT2D eigenvalue weighted by Crippen LogP contribution is 2.28. The minimum Gasteiger partial charge on any atom is -0.445 e. The van der Waals surface area contributed by atoms with Gasteiger partial charge in [0.1, 0.15) is 6.61 Å². The van der Waals surface area contributed by atoms with Gasteiger partial charge in [-0.15, -0.1) is 0 Å². The number of benzene rings is 1. The number of carbonyl (C=O) groups is 2.